The zero-order valence-corrected chi connectivity index (χ0v) is 17.6. The third-order valence-electron chi connectivity index (χ3n) is 5.94. The lowest BCUT2D eigenvalue weighted by Gasteiger charge is -2.17. The van der Waals surface area contributed by atoms with Crippen LogP contribution >= 0.6 is 0 Å². The third kappa shape index (κ3) is 4.44. The first-order valence-corrected chi connectivity index (χ1v) is 10.6. The average Bonchev–Trinajstić information content (AvgIpc) is 3.43. The number of H-pyrrole nitrogens is 1. The molecule has 0 unspecified atom stereocenters. The van der Waals surface area contributed by atoms with E-state index in [9.17, 15) is 0 Å². The minimum absolute atomic E-state index is 0.512. The van der Waals surface area contributed by atoms with Crippen LogP contribution in [-0.4, -0.2) is 38.3 Å². The molecular weight excluding hydrogens is 362 g/mol. The van der Waals surface area contributed by atoms with Crippen LogP contribution in [0.25, 0.3) is 10.9 Å². The molecule has 4 rings (SSSR count). The van der Waals surface area contributed by atoms with E-state index in [-0.39, 0.29) is 0 Å². The van der Waals surface area contributed by atoms with Crippen molar-refractivity contribution in [1.82, 2.24) is 30.4 Å². The van der Waals surface area contributed by atoms with Crippen LogP contribution in [0.5, 0.6) is 0 Å². The third-order valence-corrected chi connectivity index (χ3v) is 5.94. The van der Waals surface area contributed by atoms with Crippen molar-refractivity contribution in [3.05, 3.63) is 47.2 Å². The van der Waals surface area contributed by atoms with Gasteiger partial charge in [-0.25, -0.2) is 4.99 Å². The van der Waals surface area contributed by atoms with Crippen LogP contribution in [0, 0.1) is 13.8 Å². The number of aromatic amines is 1. The molecule has 7 heteroatoms. The number of aliphatic imine (C=N–C) groups is 1. The lowest BCUT2D eigenvalue weighted by atomic mass is 10.1. The molecule has 0 aliphatic heterocycles. The molecular formula is C22H31N7. The number of aromatic nitrogens is 4. The highest BCUT2D eigenvalue weighted by Gasteiger charge is 2.16. The molecule has 0 radical (unpaired) electrons. The van der Waals surface area contributed by atoms with E-state index in [4.69, 9.17) is 4.99 Å². The molecule has 1 fully saturated rings. The van der Waals surface area contributed by atoms with Gasteiger partial charge >= 0.3 is 0 Å². The van der Waals surface area contributed by atoms with E-state index in [1.807, 2.05) is 18.5 Å². The molecule has 154 valence electrons. The number of fused-ring (bicyclic) bond motifs is 1. The monoisotopic (exact) mass is 393 g/mol. The predicted molar refractivity (Wildman–Crippen MR) is 117 cm³/mol. The van der Waals surface area contributed by atoms with Crippen LogP contribution in [0.3, 0.4) is 0 Å². The molecule has 0 bridgehead atoms. The topological polar surface area (TPSA) is 82.9 Å². The van der Waals surface area contributed by atoms with Crippen LogP contribution in [0.2, 0.25) is 0 Å². The van der Waals surface area contributed by atoms with Crippen LogP contribution < -0.4 is 10.6 Å². The van der Waals surface area contributed by atoms with Gasteiger partial charge in [0.1, 0.15) is 12.4 Å². The van der Waals surface area contributed by atoms with E-state index < -0.39 is 0 Å². The number of benzene rings is 1. The summed E-state index contributed by atoms with van der Waals surface area (Å²) in [4.78, 5) is 8.18. The lowest BCUT2D eigenvalue weighted by molar-refractivity contribution is 0.610. The molecule has 1 aromatic carbocycles. The van der Waals surface area contributed by atoms with Crippen molar-refractivity contribution in [1.29, 1.82) is 0 Å². The molecule has 7 nitrogen and oxygen atoms in total. The Morgan fingerprint density at radius 2 is 2.07 bits per heavy atom. The maximum absolute atomic E-state index is 4.79. The van der Waals surface area contributed by atoms with Gasteiger partial charge in [0.15, 0.2) is 11.8 Å². The minimum Gasteiger partial charge on any atom is -0.361 e. The highest BCUT2D eigenvalue weighted by atomic mass is 15.3. The summed E-state index contributed by atoms with van der Waals surface area (Å²) in [5, 5.41) is 16.8. The van der Waals surface area contributed by atoms with E-state index in [1.165, 1.54) is 47.7 Å². The first-order valence-electron chi connectivity index (χ1n) is 10.6. The van der Waals surface area contributed by atoms with Crippen molar-refractivity contribution in [3.8, 4) is 0 Å². The Hall–Kier alpha value is -2.83. The Labute approximate surface area is 172 Å². The van der Waals surface area contributed by atoms with E-state index in [1.54, 1.807) is 0 Å². The largest absolute Gasteiger partial charge is 0.361 e. The number of hydrogen-bond donors (Lipinski definition) is 3. The second-order valence-electron chi connectivity index (χ2n) is 8.00. The summed E-state index contributed by atoms with van der Waals surface area (Å²) in [5.41, 5.74) is 3.86. The molecule has 0 amide bonds. The first-order chi connectivity index (χ1) is 14.1. The molecule has 0 atom stereocenters. The lowest BCUT2D eigenvalue weighted by Crippen LogP contribution is -2.43. The summed E-state index contributed by atoms with van der Waals surface area (Å²) in [6.07, 6.45) is 8.09. The van der Waals surface area contributed by atoms with Gasteiger partial charge in [-0.05, 0) is 50.3 Å². The number of guanidine groups is 1. The van der Waals surface area contributed by atoms with E-state index >= 15 is 0 Å². The minimum atomic E-state index is 0.512. The van der Waals surface area contributed by atoms with Gasteiger partial charge in [0.05, 0.1) is 0 Å². The van der Waals surface area contributed by atoms with Gasteiger partial charge in [-0.15, -0.1) is 10.2 Å². The molecule has 1 aliphatic carbocycles. The Bertz CT molecular complexity index is 992. The number of nitrogens with zero attached hydrogens (tertiary/aromatic N) is 4. The van der Waals surface area contributed by atoms with Crippen molar-refractivity contribution < 1.29 is 0 Å². The summed E-state index contributed by atoms with van der Waals surface area (Å²) >= 11 is 0. The zero-order chi connectivity index (χ0) is 20.2. The average molecular weight is 394 g/mol. The van der Waals surface area contributed by atoms with Crippen LogP contribution in [-0.2, 0) is 20.0 Å². The summed E-state index contributed by atoms with van der Waals surface area (Å²) in [5.74, 6) is 2.65. The maximum atomic E-state index is 4.79. The van der Waals surface area contributed by atoms with E-state index in [2.05, 4.69) is 57.1 Å². The Balaban J connectivity index is 1.43. The Morgan fingerprint density at radius 1 is 1.24 bits per heavy atom. The van der Waals surface area contributed by atoms with Crippen molar-refractivity contribution in [2.45, 2.75) is 58.5 Å². The molecule has 0 saturated heterocycles. The maximum Gasteiger partial charge on any atom is 0.191 e. The van der Waals surface area contributed by atoms with Crippen LogP contribution in [0.15, 0.2) is 29.4 Å². The van der Waals surface area contributed by atoms with Gasteiger partial charge in [0.25, 0.3) is 0 Å². The van der Waals surface area contributed by atoms with Crippen LogP contribution in [0.1, 0.15) is 48.5 Å². The van der Waals surface area contributed by atoms with Gasteiger partial charge in [-0.2, -0.15) is 0 Å². The van der Waals surface area contributed by atoms with Crippen molar-refractivity contribution >= 4 is 16.9 Å². The second-order valence-corrected chi connectivity index (χ2v) is 8.00. The highest BCUT2D eigenvalue weighted by Crippen LogP contribution is 2.22. The van der Waals surface area contributed by atoms with Gasteiger partial charge < -0.3 is 20.2 Å². The number of nitrogens with one attached hydrogen (secondary N) is 3. The number of aryl methyl sites for hydroxylation is 2. The summed E-state index contributed by atoms with van der Waals surface area (Å²) in [6, 6.07) is 6.92. The molecule has 2 aromatic heterocycles. The molecule has 3 N–H and O–H groups in total. The zero-order valence-electron chi connectivity index (χ0n) is 17.6. The fourth-order valence-corrected chi connectivity index (χ4v) is 4.12. The van der Waals surface area contributed by atoms with E-state index in [0.717, 1.165) is 30.6 Å². The smallest absolute Gasteiger partial charge is 0.191 e. The van der Waals surface area contributed by atoms with Gasteiger partial charge in [0.2, 0.25) is 0 Å². The van der Waals surface area contributed by atoms with Gasteiger partial charge in [0, 0.05) is 36.7 Å². The summed E-state index contributed by atoms with van der Waals surface area (Å²) in [6.45, 7) is 5.48. The van der Waals surface area contributed by atoms with Crippen molar-refractivity contribution in [2.24, 2.45) is 12.0 Å². The summed E-state index contributed by atoms with van der Waals surface area (Å²) in [7, 11) is 1.98. The molecule has 29 heavy (non-hydrogen) atoms. The number of rotatable bonds is 6. The first kappa shape index (κ1) is 19.5. The molecule has 1 saturated carbocycles. The van der Waals surface area contributed by atoms with Gasteiger partial charge in [-0.1, -0.05) is 25.0 Å². The second kappa shape index (κ2) is 8.68. The Kier molecular flexibility index (Phi) is 5.83. The molecule has 3 aromatic rings. The molecule has 2 heterocycles. The summed E-state index contributed by atoms with van der Waals surface area (Å²) < 4.78 is 1.99. The standard InChI is InChI=1S/C22H31N7/c1-15-7-6-10-19-21(15)17(13-24-19)11-12-23-22(26-18-8-4-5-9-18)25-14-20-28-27-16(2)29(20)3/h6-7,10,13,18,24H,4-5,8-9,11-12,14H2,1-3H3,(H2,23,25,26). The highest BCUT2D eigenvalue weighted by molar-refractivity contribution is 5.86. The molecule has 0 spiro atoms. The quantitative estimate of drug-likeness (QED) is 0.444. The van der Waals surface area contributed by atoms with Gasteiger partial charge in [-0.3, -0.25) is 0 Å². The number of hydrogen-bond acceptors (Lipinski definition) is 3. The Morgan fingerprint density at radius 3 is 2.83 bits per heavy atom. The van der Waals surface area contributed by atoms with Crippen molar-refractivity contribution in [3.63, 3.8) is 0 Å². The SMILES string of the molecule is Cc1cccc2[nH]cc(CCNC(=NCc3nnc(C)n3C)NC3CCCC3)c12. The van der Waals surface area contributed by atoms with Crippen LogP contribution in [0.4, 0.5) is 0 Å². The fraction of sp³-hybridized carbons (Fsp3) is 0.500. The predicted octanol–water partition coefficient (Wildman–Crippen LogP) is 3.13. The van der Waals surface area contributed by atoms with E-state index in [0.29, 0.717) is 12.6 Å². The fourth-order valence-electron chi connectivity index (χ4n) is 4.12. The normalized spacial score (nSPS) is 15.3. The molecule has 1 aliphatic rings. The van der Waals surface area contributed by atoms with Crippen molar-refractivity contribution in [2.75, 3.05) is 6.54 Å².